The van der Waals surface area contributed by atoms with Crippen LogP contribution in [0.3, 0.4) is 0 Å². The first-order chi connectivity index (χ1) is 7.48. The van der Waals surface area contributed by atoms with E-state index in [0.717, 1.165) is 6.54 Å². The summed E-state index contributed by atoms with van der Waals surface area (Å²) < 4.78 is 28.2. The van der Waals surface area contributed by atoms with Gasteiger partial charge in [0.25, 0.3) is 0 Å². The van der Waals surface area contributed by atoms with Crippen LogP contribution in [-0.2, 0) is 14.6 Å². The van der Waals surface area contributed by atoms with Gasteiger partial charge in [-0.25, -0.2) is 8.42 Å². The van der Waals surface area contributed by atoms with E-state index in [-0.39, 0.29) is 23.6 Å². The van der Waals surface area contributed by atoms with Gasteiger partial charge < -0.3 is 10.5 Å². The van der Waals surface area contributed by atoms with Crippen LogP contribution < -0.4 is 5.73 Å². The lowest BCUT2D eigenvalue weighted by atomic mass is 10.0. The van der Waals surface area contributed by atoms with Gasteiger partial charge in [0.2, 0.25) is 0 Å². The van der Waals surface area contributed by atoms with Crippen LogP contribution >= 0.6 is 0 Å². The van der Waals surface area contributed by atoms with Gasteiger partial charge in [0, 0.05) is 31.1 Å². The van der Waals surface area contributed by atoms with E-state index in [4.69, 9.17) is 10.5 Å². The van der Waals surface area contributed by atoms with Crippen LogP contribution in [0.5, 0.6) is 0 Å². The maximum Gasteiger partial charge on any atom is 0.153 e. The van der Waals surface area contributed by atoms with Crippen LogP contribution in [0.1, 0.15) is 6.92 Å². The molecular formula is C10H20N2O3S. The van der Waals surface area contributed by atoms with Crippen molar-refractivity contribution in [1.82, 2.24) is 4.90 Å². The molecule has 0 radical (unpaired) electrons. The summed E-state index contributed by atoms with van der Waals surface area (Å²) in [5.74, 6) is 0.902. The molecule has 0 aliphatic carbocycles. The molecule has 0 amide bonds. The van der Waals surface area contributed by atoms with Crippen LogP contribution in [0.25, 0.3) is 0 Å². The monoisotopic (exact) mass is 248 g/mol. The maximum atomic E-state index is 11.4. The fourth-order valence-corrected chi connectivity index (χ4v) is 4.03. The fraction of sp³-hybridized carbons (Fsp3) is 1.00. The molecule has 0 aromatic carbocycles. The molecule has 0 spiro atoms. The van der Waals surface area contributed by atoms with Gasteiger partial charge in [-0.1, -0.05) is 0 Å². The summed E-state index contributed by atoms with van der Waals surface area (Å²) in [5, 5.41) is 0. The largest absolute Gasteiger partial charge is 0.379 e. The zero-order valence-electron chi connectivity index (χ0n) is 9.63. The Morgan fingerprint density at radius 2 is 2.19 bits per heavy atom. The van der Waals surface area contributed by atoms with E-state index in [1.54, 1.807) is 0 Å². The van der Waals surface area contributed by atoms with Crippen LogP contribution in [0.4, 0.5) is 0 Å². The van der Waals surface area contributed by atoms with Gasteiger partial charge in [0.1, 0.15) is 0 Å². The van der Waals surface area contributed by atoms with E-state index in [1.807, 2.05) is 6.92 Å². The topological polar surface area (TPSA) is 72.6 Å². The number of nitrogens with zero attached hydrogens (tertiary/aromatic N) is 1. The van der Waals surface area contributed by atoms with Crippen molar-refractivity contribution in [3.05, 3.63) is 0 Å². The highest BCUT2D eigenvalue weighted by molar-refractivity contribution is 7.91. The van der Waals surface area contributed by atoms with Gasteiger partial charge in [-0.05, 0) is 6.92 Å². The van der Waals surface area contributed by atoms with E-state index in [1.165, 1.54) is 0 Å². The number of nitrogens with two attached hydrogens (primary N) is 1. The lowest BCUT2D eigenvalue weighted by molar-refractivity contribution is 0.154. The number of hydrogen-bond acceptors (Lipinski definition) is 5. The summed E-state index contributed by atoms with van der Waals surface area (Å²) in [6.07, 6.45) is 0. The van der Waals surface area contributed by atoms with E-state index >= 15 is 0 Å². The molecular weight excluding hydrogens is 228 g/mol. The standard InChI is InChI=1S/C10H20N2O3S/c1-8-7-16(13,14)3-2-12(8)4-9-5-15-6-10(9)11/h8-10H,2-7,11H2,1H3. The van der Waals surface area contributed by atoms with E-state index in [9.17, 15) is 8.42 Å². The van der Waals surface area contributed by atoms with Crippen molar-refractivity contribution >= 4 is 9.84 Å². The molecule has 5 nitrogen and oxygen atoms in total. The van der Waals surface area contributed by atoms with Gasteiger partial charge in [-0.15, -0.1) is 0 Å². The molecule has 2 aliphatic rings. The third-order valence-corrected chi connectivity index (χ3v) is 5.32. The van der Waals surface area contributed by atoms with Gasteiger partial charge in [0.05, 0.1) is 24.7 Å². The molecule has 3 unspecified atom stereocenters. The highest BCUT2D eigenvalue weighted by Crippen LogP contribution is 2.18. The Hall–Kier alpha value is -0.170. The van der Waals surface area contributed by atoms with Gasteiger partial charge in [-0.3, -0.25) is 4.90 Å². The van der Waals surface area contributed by atoms with Gasteiger partial charge >= 0.3 is 0 Å². The van der Waals surface area contributed by atoms with E-state index < -0.39 is 9.84 Å². The highest BCUT2D eigenvalue weighted by Gasteiger charge is 2.32. The van der Waals surface area contributed by atoms with Crippen LogP contribution in [0.15, 0.2) is 0 Å². The summed E-state index contributed by atoms with van der Waals surface area (Å²) in [6.45, 7) is 4.80. The highest BCUT2D eigenvalue weighted by atomic mass is 32.2. The smallest absolute Gasteiger partial charge is 0.153 e. The summed E-state index contributed by atoms with van der Waals surface area (Å²) in [7, 11) is -2.82. The molecule has 2 fully saturated rings. The van der Waals surface area contributed by atoms with Crippen molar-refractivity contribution in [2.75, 3.05) is 37.8 Å². The van der Waals surface area contributed by atoms with Crippen molar-refractivity contribution in [2.45, 2.75) is 19.0 Å². The molecule has 3 atom stereocenters. The Bertz CT molecular complexity index is 344. The summed E-state index contributed by atoms with van der Waals surface area (Å²) in [4.78, 5) is 2.22. The minimum atomic E-state index is -2.82. The molecule has 16 heavy (non-hydrogen) atoms. The van der Waals surface area contributed by atoms with Gasteiger partial charge in [-0.2, -0.15) is 0 Å². The summed E-state index contributed by atoms with van der Waals surface area (Å²) in [5.41, 5.74) is 5.92. The Morgan fingerprint density at radius 1 is 1.44 bits per heavy atom. The molecule has 2 saturated heterocycles. The molecule has 0 saturated carbocycles. The predicted octanol–water partition coefficient (Wildman–Crippen LogP) is -0.921. The van der Waals surface area contributed by atoms with Crippen molar-refractivity contribution in [3.8, 4) is 0 Å². The fourth-order valence-electron chi connectivity index (χ4n) is 2.41. The quantitative estimate of drug-likeness (QED) is 0.684. The minimum absolute atomic E-state index is 0.103. The van der Waals surface area contributed by atoms with E-state index in [0.29, 0.717) is 25.7 Å². The Morgan fingerprint density at radius 3 is 2.75 bits per heavy atom. The number of ether oxygens (including phenoxy) is 1. The second-order valence-corrected chi connectivity index (χ2v) is 7.15. The molecule has 2 N–H and O–H groups in total. The predicted molar refractivity (Wildman–Crippen MR) is 62.0 cm³/mol. The first kappa shape index (κ1) is 12.3. The van der Waals surface area contributed by atoms with Gasteiger partial charge in [0.15, 0.2) is 9.84 Å². The first-order valence-electron chi connectivity index (χ1n) is 5.76. The zero-order valence-corrected chi connectivity index (χ0v) is 10.4. The Kier molecular flexibility index (Phi) is 3.53. The first-order valence-corrected chi connectivity index (χ1v) is 7.58. The van der Waals surface area contributed by atoms with Crippen molar-refractivity contribution < 1.29 is 13.2 Å². The van der Waals surface area contributed by atoms with E-state index in [2.05, 4.69) is 4.90 Å². The molecule has 6 heteroatoms. The van der Waals surface area contributed by atoms with Crippen molar-refractivity contribution in [2.24, 2.45) is 11.7 Å². The zero-order chi connectivity index (χ0) is 11.8. The normalized spacial score (nSPS) is 40.0. The summed E-state index contributed by atoms with van der Waals surface area (Å²) in [6, 6.07) is 0.206. The number of sulfone groups is 1. The molecule has 2 rings (SSSR count). The SMILES string of the molecule is CC1CS(=O)(=O)CCN1CC1COCC1N. The lowest BCUT2D eigenvalue weighted by Gasteiger charge is -2.35. The molecule has 0 aromatic rings. The van der Waals surface area contributed by atoms with Crippen LogP contribution in [0.2, 0.25) is 0 Å². The average Bonchev–Trinajstić information content (AvgIpc) is 2.56. The minimum Gasteiger partial charge on any atom is -0.379 e. The van der Waals surface area contributed by atoms with Crippen LogP contribution in [0, 0.1) is 5.92 Å². The summed E-state index contributed by atoms with van der Waals surface area (Å²) >= 11 is 0. The second kappa shape index (κ2) is 4.60. The molecule has 0 aromatic heterocycles. The van der Waals surface area contributed by atoms with Crippen LogP contribution in [-0.4, -0.2) is 63.2 Å². The average molecular weight is 248 g/mol. The molecule has 2 heterocycles. The molecule has 94 valence electrons. The third kappa shape index (κ3) is 2.74. The maximum absolute atomic E-state index is 11.4. The lowest BCUT2D eigenvalue weighted by Crippen LogP contribution is -2.50. The van der Waals surface area contributed by atoms with Crippen molar-refractivity contribution in [1.29, 1.82) is 0 Å². The third-order valence-electron chi connectivity index (χ3n) is 3.52. The Balaban J connectivity index is 1.91. The number of hydrogen-bond donors (Lipinski definition) is 1. The Labute approximate surface area is 96.9 Å². The second-order valence-electron chi connectivity index (χ2n) is 4.92. The number of rotatable bonds is 2. The molecule has 0 bridgehead atoms. The van der Waals surface area contributed by atoms with Crippen molar-refractivity contribution in [3.63, 3.8) is 0 Å². The molecule has 2 aliphatic heterocycles.